The maximum atomic E-state index is 10.6. The molecule has 3 nitrogen and oxygen atoms in total. The lowest BCUT2D eigenvalue weighted by molar-refractivity contribution is 1.18. The lowest BCUT2D eigenvalue weighted by Crippen LogP contribution is -2.20. The van der Waals surface area contributed by atoms with Crippen LogP contribution in [0.1, 0.15) is 6.92 Å². The molecule has 0 aliphatic heterocycles. The average Bonchev–Trinajstić information content (AvgIpc) is 2.13. The summed E-state index contributed by atoms with van der Waals surface area (Å²) >= 11 is 0. The largest absolute Gasteiger partial charge is 0.338 e. The van der Waals surface area contributed by atoms with E-state index in [1.165, 1.54) is 0 Å². The van der Waals surface area contributed by atoms with Gasteiger partial charge in [-0.1, -0.05) is 6.58 Å². The fraction of sp³-hybridized carbons (Fsp3) is 0.167. The minimum Gasteiger partial charge on any atom is -0.338 e. The van der Waals surface area contributed by atoms with E-state index in [1.54, 1.807) is 6.08 Å². The molecule has 0 amide bonds. The van der Waals surface area contributed by atoms with Gasteiger partial charge in [0, 0.05) is 0 Å². The predicted molar refractivity (Wildman–Crippen MR) is 36.3 cm³/mol. The summed E-state index contributed by atoms with van der Waals surface area (Å²) in [4.78, 5) is 16.0. The first-order valence-corrected chi connectivity index (χ1v) is 2.67. The van der Waals surface area contributed by atoms with Gasteiger partial charge in [-0.2, -0.15) is 0 Å². The Morgan fingerprint density at radius 1 is 1.56 bits per heavy atom. The van der Waals surface area contributed by atoms with Crippen molar-refractivity contribution in [1.82, 2.24) is 9.97 Å². The minimum absolute atomic E-state index is 0.150. The molecule has 0 bridgehead atoms. The van der Waals surface area contributed by atoms with Crippen molar-refractivity contribution < 1.29 is 0 Å². The Labute approximate surface area is 51.7 Å². The molecule has 1 rings (SSSR count). The summed E-state index contributed by atoms with van der Waals surface area (Å²) in [6.07, 6.45) is 1.77. The van der Waals surface area contributed by atoms with Crippen molar-refractivity contribution in [1.29, 1.82) is 0 Å². The van der Waals surface area contributed by atoms with Crippen LogP contribution in [0.2, 0.25) is 0 Å². The number of rotatable bonds is 0. The summed E-state index contributed by atoms with van der Waals surface area (Å²) in [6.45, 7) is 5.30. The number of aromatic nitrogens is 2. The lowest BCUT2D eigenvalue weighted by Gasteiger charge is -1.66. The monoisotopic (exact) mass is 124 g/mol. The quantitative estimate of drug-likeness (QED) is 0.454. The van der Waals surface area contributed by atoms with E-state index in [2.05, 4.69) is 16.5 Å². The van der Waals surface area contributed by atoms with Gasteiger partial charge < -0.3 is 9.97 Å². The first-order valence-electron chi connectivity index (χ1n) is 2.67. The van der Waals surface area contributed by atoms with Crippen molar-refractivity contribution in [3.63, 3.8) is 0 Å². The van der Waals surface area contributed by atoms with Crippen LogP contribution in [-0.4, -0.2) is 9.97 Å². The Morgan fingerprint density at radius 2 is 2.22 bits per heavy atom. The number of hydrogen-bond acceptors (Lipinski definition) is 1. The Balaban J connectivity index is 3.67. The fourth-order valence-corrected chi connectivity index (χ4v) is 0.593. The average molecular weight is 124 g/mol. The van der Waals surface area contributed by atoms with Crippen LogP contribution in [0.15, 0.2) is 4.79 Å². The molecule has 0 aromatic carbocycles. The molecule has 0 atom stereocenters. The number of nitrogens with one attached hydrogen (secondary N) is 2. The van der Waals surface area contributed by atoms with E-state index in [0.29, 0.717) is 10.8 Å². The van der Waals surface area contributed by atoms with Crippen LogP contribution in [-0.2, 0) is 0 Å². The molecule has 1 aromatic rings. The molecule has 0 saturated heterocycles. The van der Waals surface area contributed by atoms with Crippen LogP contribution in [0.25, 0.3) is 12.7 Å². The topological polar surface area (TPSA) is 48.6 Å². The minimum atomic E-state index is -0.150. The van der Waals surface area contributed by atoms with Crippen LogP contribution >= 0.6 is 0 Å². The maximum Gasteiger partial charge on any atom is 0.272 e. The van der Waals surface area contributed by atoms with Crippen LogP contribution in [0.3, 0.4) is 0 Å². The summed E-state index contributed by atoms with van der Waals surface area (Å²) < 4.78 is 0. The summed E-state index contributed by atoms with van der Waals surface area (Å²) in [5.41, 5.74) is 0.563. The Morgan fingerprint density at radius 3 is 2.44 bits per heavy atom. The van der Waals surface area contributed by atoms with Crippen LogP contribution in [0.4, 0.5) is 0 Å². The van der Waals surface area contributed by atoms with Gasteiger partial charge in [-0.25, -0.2) is 0 Å². The summed E-state index contributed by atoms with van der Waals surface area (Å²) in [5, 5.41) is 0.406. The molecule has 0 aliphatic rings. The number of aromatic amines is 2. The Kier molecular flexibility index (Phi) is 1.26. The van der Waals surface area contributed by atoms with Crippen molar-refractivity contribution in [2.24, 2.45) is 0 Å². The molecule has 0 radical (unpaired) electrons. The van der Waals surface area contributed by atoms with Gasteiger partial charge >= 0.3 is 0 Å². The fourth-order valence-electron chi connectivity index (χ4n) is 0.593. The van der Waals surface area contributed by atoms with Crippen LogP contribution in [0.5, 0.6) is 0 Å². The van der Waals surface area contributed by atoms with E-state index in [1.807, 2.05) is 6.92 Å². The molecule has 0 saturated carbocycles. The Hall–Kier alpha value is -1.25. The molecule has 0 fully saturated rings. The molecule has 48 valence electrons. The number of imidazole rings is 1. The molecule has 1 aromatic heterocycles. The third-order valence-electron chi connectivity index (χ3n) is 1.10. The third-order valence-corrected chi connectivity index (χ3v) is 1.10. The molecule has 3 heteroatoms. The SMILES string of the molecule is C=c1[nH]c(=CC)[nH]c1=O. The maximum absolute atomic E-state index is 10.6. The van der Waals surface area contributed by atoms with Crippen molar-refractivity contribution in [3.05, 3.63) is 21.2 Å². The third kappa shape index (κ3) is 0.937. The van der Waals surface area contributed by atoms with Crippen molar-refractivity contribution in [2.45, 2.75) is 6.92 Å². The second-order valence-electron chi connectivity index (χ2n) is 1.76. The van der Waals surface area contributed by atoms with E-state index >= 15 is 0 Å². The molecule has 0 unspecified atom stereocenters. The van der Waals surface area contributed by atoms with Gasteiger partial charge in [-0.3, -0.25) is 4.79 Å². The van der Waals surface area contributed by atoms with Gasteiger partial charge in [0.2, 0.25) is 0 Å². The second-order valence-corrected chi connectivity index (χ2v) is 1.76. The molecule has 1 heterocycles. The number of H-pyrrole nitrogens is 2. The second kappa shape index (κ2) is 1.93. The highest BCUT2D eigenvalue weighted by Gasteiger charge is 1.83. The van der Waals surface area contributed by atoms with E-state index in [4.69, 9.17) is 0 Å². The van der Waals surface area contributed by atoms with Gasteiger partial charge in [0.25, 0.3) is 5.56 Å². The molecule has 0 spiro atoms. The highest BCUT2D eigenvalue weighted by atomic mass is 16.1. The van der Waals surface area contributed by atoms with Crippen molar-refractivity contribution in [3.8, 4) is 0 Å². The highest BCUT2D eigenvalue weighted by molar-refractivity contribution is 5.09. The first kappa shape index (κ1) is 5.88. The van der Waals surface area contributed by atoms with E-state index in [-0.39, 0.29) is 5.56 Å². The van der Waals surface area contributed by atoms with Crippen LogP contribution < -0.4 is 16.4 Å². The van der Waals surface area contributed by atoms with Gasteiger partial charge in [-0.15, -0.1) is 0 Å². The normalized spacial score (nSPS) is 12.3. The van der Waals surface area contributed by atoms with E-state index in [0.717, 1.165) is 0 Å². The van der Waals surface area contributed by atoms with Gasteiger partial charge in [-0.05, 0) is 13.0 Å². The zero-order valence-electron chi connectivity index (χ0n) is 5.19. The molecule has 2 N–H and O–H groups in total. The zero-order chi connectivity index (χ0) is 6.85. The smallest absolute Gasteiger partial charge is 0.272 e. The van der Waals surface area contributed by atoms with Gasteiger partial charge in [0.05, 0.1) is 5.35 Å². The summed E-state index contributed by atoms with van der Waals surface area (Å²) in [6, 6.07) is 0. The van der Waals surface area contributed by atoms with E-state index < -0.39 is 0 Å². The standard InChI is InChI=1S/C6H8N2O/c1-3-5-7-4(2)6(9)8-5/h3,7H,2H2,1H3,(H,8,9). The number of hydrogen-bond donors (Lipinski definition) is 2. The van der Waals surface area contributed by atoms with Crippen molar-refractivity contribution >= 4 is 12.7 Å². The molecule has 0 aliphatic carbocycles. The van der Waals surface area contributed by atoms with Gasteiger partial charge in [0.1, 0.15) is 5.48 Å². The first-order chi connectivity index (χ1) is 4.24. The molecular weight excluding hydrogens is 116 g/mol. The lowest BCUT2D eigenvalue weighted by atomic mass is 10.7. The summed E-state index contributed by atoms with van der Waals surface area (Å²) in [5.74, 6) is 0. The van der Waals surface area contributed by atoms with Gasteiger partial charge in [0.15, 0.2) is 0 Å². The molecule has 9 heavy (non-hydrogen) atoms. The molecular formula is C6H8N2O. The van der Waals surface area contributed by atoms with Crippen molar-refractivity contribution in [2.75, 3.05) is 0 Å². The highest BCUT2D eigenvalue weighted by Crippen LogP contribution is 1.47. The van der Waals surface area contributed by atoms with E-state index in [9.17, 15) is 4.79 Å². The zero-order valence-corrected chi connectivity index (χ0v) is 5.19. The van der Waals surface area contributed by atoms with Crippen LogP contribution in [0, 0.1) is 0 Å². The predicted octanol–water partition coefficient (Wildman–Crippen LogP) is -1.09. The summed E-state index contributed by atoms with van der Waals surface area (Å²) in [7, 11) is 0. The Bertz CT molecular complexity index is 313.